The summed E-state index contributed by atoms with van der Waals surface area (Å²) < 4.78 is 10.9. The van der Waals surface area contributed by atoms with Gasteiger partial charge in [-0.15, -0.1) is 0 Å². The second kappa shape index (κ2) is 7.38. The van der Waals surface area contributed by atoms with Crippen LogP contribution in [0.15, 0.2) is 0 Å². The van der Waals surface area contributed by atoms with Gasteiger partial charge in [0.25, 0.3) is 0 Å². The van der Waals surface area contributed by atoms with Crippen molar-refractivity contribution in [1.29, 1.82) is 0 Å². The van der Waals surface area contributed by atoms with E-state index in [0.717, 1.165) is 19.7 Å². The summed E-state index contributed by atoms with van der Waals surface area (Å²) in [6.07, 6.45) is 2.84. The summed E-state index contributed by atoms with van der Waals surface area (Å²) in [6.45, 7) is 6.58. The van der Waals surface area contributed by atoms with Gasteiger partial charge in [-0.3, -0.25) is 4.90 Å². The van der Waals surface area contributed by atoms with Gasteiger partial charge in [0.05, 0.1) is 19.3 Å². The summed E-state index contributed by atoms with van der Waals surface area (Å²) in [4.78, 5) is 2.54. The molecule has 0 aliphatic carbocycles. The predicted molar refractivity (Wildman–Crippen MR) is 79.4 cm³/mol. The van der Waals surface area contributed by atoms with Crippen molar-refractivity contribution in [1.82, 2.24) is 15.5 Å². The van der Waals surface area contributed by atoms with Gasteiger partial charge in [-0.2, -0.15) is 0 Å². The Balaban J connectivity index is 1.63. The van der Waals surface area contributed by atoms with Crippen LogP contribution in [-0.4, -0.2) is 68.2 Å². The minimum atomic E-state index is 0.222. The molecular weight excluding hydrogens is 262 g/mol. The van der Waals surface area contributed by atoms with Crippen LogP contribution in [0.3, 0.4) is 0 Å². The van der Waals surface area contributed by atoms with E-state index in [2.05, 4.69) is 15.5 Å². The molecule has 2 aliphatic heterocycles. The van der Waals surface area contributed by atoms with Crippen molar-refractivity contribution >= 4 is 17.3 Å². The summed E-state index contributed by atoms with van der Waals surface area (Å²) >= 11 is 5.26. The number of thiocarbonyl (C=S) groups is 1. The van der Waals surface area contributed by atoms with Crippen LogP contribution in [0.25, 0.3) is 0 Å². The Bertz CT molecular complexity index is 304. The quantitative estimate of drug-likeness (QED) is 0.712. The van der Waals surface area contributed by atoms with Crippen LogP contribution in [0.2, 0.25) is 0 Å². The first-order chi connectivity index (χ1) is 9.19. The predicted octanol–water partition coefficient (Wildman–Crippen LogP) is 0.349. The number of fused-ring (bicyclic) bond motifs is 1. The maximum Gasteiger partial charge on any atom is 0.166 e. The van der Waals surface area contributed by atoms with Crippen molar-refractivity contribution in [2.24, 2.45) is 0 Å². The minimum absolute atomic E-state index is 0.222. The van der Waals surface area contributed by atoms with Crippen LogP contribution in [0.1, 0.15) is 19.8 Å². The van der Waals surface area contributed by atoms with Gasteiger partial charge in [0, 0.05) is 32.3 Å². The van der Waals surface area contributed by atoms with E-state index in [4.69, 9.17) is 21.7 Å². The lowest BCUT2D eigenvalue weighted by molar-refractivity contribution is -0.0452. The smallest absolute Gasteiger partial charge is 0.166 e. The van der Waals surface area contributed by atoms with Gasteiger partial charge in [-0.1, -0.05) is 0 Å². The molecule has 3 unspecified atom stereocenters. The summed E-state index contributed by atoms with van der Waals surface area (Å²) in [5, 5.41) is 7.11. The third-order valence-electron chi connectivity index (χ3n) is 3.75. The summed E-state index contributed by atoms with van der Waals surface area (Å²) in [6, 6.07) is 0.878. The Labute approximate surface area is 121 Å². The third kappa shape index (κ3) is 4.56. The van der Waals surface area contributed by atoms with Crippen molar-refractivity contribution in [3.8, 4) is 0 Å². The summed E-state index contributed by atoms with van der Waals surface area (Å²) in [7, 11) is 1.69. The largest absolute Gasteiger partial charge is 0.383 e. The number of hydrogen-bond acceptors (Lipinski definition) is 4. The molecule has 2 fully saturated rings. The lowest BCUT2D eigenvalue weighted by Crippen LogP contribution is -2.52. The first-order valence-electron chi connectivity index (χ1n) is 7.08. The molecule has 0 aromatic rings. The fourth-order valence-corrected chi connectivity index (χ4v) is 3.07. The molecule has 0 aromatic carbocycles. The number of nitrogens with one attached hydrogen (secondary N) is 2. The van der Waals surface area contributed by atoms with Crippen LogP contribution < -0.4 is 10.6 Å². The molecule has 2 saturated heterocycles. The standard InChI is InChI=1S/C13H25N3O2S/c1-10(8-17-2)15-13(19)14-6-12-7-16-5-3-4-11(16)9-18-12/h10-12H,3-9H2,1-2H3,(H2,14,15,19). The summed E-state index contributed by atoms with van der Waals surface area (Å²) in [5.41, 5.74) is 0. The van der Waals surface area contributed by atoms with Crippen LogP contribution in [0.5, 0.6) is 0 Å². The zero-order chi connectivity index (χ0) is 13.7. The zero-order valence-corrected chi connectivity index (χ0v) is 12.7. The Hall–Kier alpha value is -0.430. The van der Waals surface area contributed by atoms with E-state index in [1.807, 2.05) is 6.92 Å². The van der Waals surface area contributed by atoms with Crippen LogP contribution >= 0.6 is 12.2 Å². The highest BCUT2D eigenvalue weighted by molar-refractivity contribution is 7.80. The van der Waals surface area contributed by atoms with E-state index in [9.17, 15) is 0 Å². The van der Waals surface area contributed by atoms with Gasteiger partial charge >= 0.3 is 0 Å². The molecule has 0 saturated carbocycles. The van der Waals surface area contributed by atoms with Crippen LogP contribution in [-0.2, 0) is 9.47 Å². The van der Waals surface area contributed by atoms with Crippen molar-refractivity contribution in [3.05, 3.63) is 0 Å². The molecule has 2 aliphatic rings. The number of rotatable bonds is 5. The van der Waals surface area contributed by atoms with E-state index in [1.54, 1.807) is 7.11 Å². The summed E-state index contributed by atoms with van der Waals surface area (Å²) in [5.74, 6) is 0. The molecule has 0 radical (unpaired) electrons. The van der Waals surface area contributed by atoms with E-state index >= 15 is 0 Å². The fourth-order valence-electron chi connectivity index (χ4n) is 2.78. The van der Waals surface area contributed by atoms with Crippen molar-refractivity contribution in [2.75, 3.05) is 40.0 Å². The van der Waals surface area contributed by atoms with Gasteiger partial charge in [-0.25, -0.2) is 0 Å². The fraction of sp³-hybridized carbons (Fsp3) is 0.923. The lowest BCUT2D eigenvalue weighted by atomic mass is 10.2. The first-order valence-corrected chi connectivity index (χ1v) is 7.49. The molecule has 0 bridgehead atoms. The number of morpholine rings is 1. The number of ether oxygens (including phenoxy) is 2. The molecule has 0 amide bonds. The number of methoxy groups -OCH3 is 1. The van der Waals surface area contributed by atoms with Crippen LogP contribution in [0, 0.1) is 0 Å². The molecule has 110 valence electrons. The molecule has 0 spiro atoms. The highest BCUT2D eigenvalue weighted by atomic mass is 32.1. The molecular formula is C13H25N3O2S. The van der Waals surface area contributed by atoms with E-state index < -0.39 is 0 Å². The Morgan fingerprint density at radius 1 is 1.58 bits per heavy atom. The number of nitrogens with zero attached hydrogens (tertiary/aromatic N) is 1. The molecule has 5 nitrogen and oxygen atoms in total. The highest BCUT2D eigenvalue weighted by Crippen LogP contribution is 2.22. The zero-order valence-electron chi connectivity index (χ0n) is 11.9. The lowest BCUT2D eigenvalue weighted by Gasteiger charge is -2.35. The van der Waals surface area contributed by atoms with Crippen molar-refractivity contribution in [3.63, 3.8) is 0 Å². The number of hydrogen-bond donors (Lipinski definition) is 2. The SMILES string of the molecule is COCC(C)NC(=S)NCC1CN2CCCC2CO1. The molecule has 19 heavy (non-hydrogen) atoms. The van der Waals surface area contributed by atoms with Gasteiger partial charge in [0.2, 0.25) is 0 Å². The van der Waals surface area contributed by atoms with E-state index in [-0.39, 0.29) is 12.1 Å². The maximum atomic E-state index is 5.88. The topological polar surface area (TPSA) is 45.8 Å². The van der Waals surface area contributed by atoms with Gasteiger partial charge in [0.1, 0.15) is 0 Å². The second-order valence-electron chi connectivity index (χ2n) is 5.46. The first kappa shape index (κ1) is 15.0. The van der Waals surface area contributed by atoms with Gasteiger partial charge in [-0.05, 0) is 38.5 Å². The third-order valence-corrected chi connectivity index (χ3v) is 4.01. The molecule has 3 atom stereocenters. The Kier molecular flexibility index (Phi) is 5.81. The van der Waals surface area contributed by atoms with E-state index in [1.165, 1.54) is 19.4 Å². The second-order valence-corrected chi connectivity index (χ2v) is 5.87. The molecule has 2 heterocycles. The molecule has 6 heteroatoms. The monoisotopic (exact) mass is 287 g/mol. The molecule has 2 N–H and O–H groups in total. The molecule has 0 aromatic heterocycles. The van der Waals surface area contributed by atoms with Crippen molar-refractivity contribution in [2.45, 2.75) is 38.0 Å². The normalized spacial score (nSPS) is 28.7. The van der Waals surface area contributed by atoms with Gasteiger partial charge in [0.15, 0.2) is 5.11 Å². The highest BCUT2D eigenvalue weighted by Gasteiger charge is 2.31. The minimum Gasteiger partial charge on any atom is -0.383 e. The average molecular weight is 287 g/mol. The molecule has 2 rings (SSSR count). The van der Waals surface area contributed by atoms with Crippen LogP contribution in [0.4, 0.5) is 0 Å². The Morgan fingerprint density at radius 3 is 3.21 bits per heavy atom. The average Bonchev–Trinajstić information content (AvgIpc) is 2.83. The van der Waals surface area contributed by atoms with Crippen molar-refractivity contribution < 1.29 is 9.47 Å². The Morgan fingerprint density at radius 2 is 2.42 bits per heavy atom. The van der Waals surface area contributed by atoms with E-state index in [0.29, 0.717) is 17.8 Å². The van der Waals surface area contributed by atoms with Gasteiger partial charge < -0.3 is 20.1 Å². The maximum absolute atomic E-state index is 5.88.